The van der Waals surface area contributed by atoms with Crippen LogP contribution in [0.25, 0.3) is 0 Å². The lowest BCUT2D eigenvalue weighted by molar-refractivity contribution is -0.0804. The molecule has 0 saturated carbocycles. The summed E-state index contributed by atoms with van der Waals surface area (Å²) in [5.41, 5.74) is -0.362. The summed E-state index contributed by atoms with van der Waals surface area (Å²) in [4.78, 5) is 0. The Kier molecular flexibility index (Phi) is 3.36. The third kappa shape index (κ3) is 3.53. The molecular formula is C8H5BrF4O. The van der Waals surface area contributed by atoms with Crippen LogP contribution in [0.3, 0.4) is 0 Å². The summed E-state index contributed by atoms with van der Waals surface area (Å²) in [5, 5.41) is -3.55. The number of rotatable bonds is 3. The minimum absolute atomic E-state index is 0.315. The Hall–Kier alpha value is -0.780. The number of halogens is 5. The molecule has 0 aliphatic heterocycles. The fourth-order valence-electron chi connectivity index (χ4n) is 0.847. The highest BCUT2D eigenvalue weighted by Crippen LogP contribution is 2.29. The van der Waals surface area contributed by atoms with Crippen LogP contribution in [0.15, 0.2) is 24.3 Å². The van der Waals surface area contributed by atoms with E-state index in [1.165, 1.54) is 12.1 Å². The Labute approximate surface area is 85.8 Å². The highest BCUT2D eigenvalue weighted by Gasteiger charge is 2.26. The average Bonchev–Trinajstić information content (AvgIpc) is 2.01. The molecule has 78 valence electrons. The van der Waals surface area contributed by atoms with Crippen LogP contribution in [-0.4, -0.2) is 5.02 Å². The first kappa shape index (κ1) is 11.3. The van der Waals surface area contributed by atoms with Crippen LogP contribution < -0.4 is 4.74 Å². The lowest BCUT2D eigenvalue weighted by Gasteiger charge is -2.11. The molecular weight excluding hydrogens is 268 g/mol. The van der Waals surface area contributed by atoms with Gasteiger partial charge in [-0.25, -0.2) is 8.78 Å². The molecule has 0 aliphatic rings. The van der Waals surface area contributed by atoms with Crippen LogP contribution in [0.2, 0.25) is 0 Å². The molecule has 6 heteroatoms. The van der Waals surface area contributed by atoms with Gasteiger partial charge in [0.05, 0.1) is 0 Å². The highest BCUT2D eigenvalue weighted by atomic mass is 79.9. The first-order chi connectivity index (χ1) is 6.38. The quantitative estimate of drug-likeness (QED) is 0.598. The largest absolute Gasteiger partial charge is 0.459 e. The van der Waals surface area contributed by atoms with Gasteiger partial charge in [0.1, 0.15) is 5.75 Å². The van der Waals surface area contributed by atoms with Crippen LogP contribution in [0.1, 0.15) is 12.0 Å². The zero-order chi connectivity index (χ0) is 10.8. The average molecular weight is 273 g/mol. The van der Waals surface area contributed by atoms with Crippen molar-refractivity contribution in [1.82, 2.24) is 0 Å². The fourth-order valence-corrected chi connectivity index (χ4v) is 1.03. The maximum absolute atomic E-state index is 12.2. The van der Waals surface area contributed by atoms with E-state index in [1.54, 1.807) is 0 Å². The van der Waals surface area contributed by atoms with Gasteiger partial charge in [0, 0.05) is 21.5 Å². The zero-order valence-electron chi connectivity index (χ0n) is 6.68. The van der Waals surface area contributed by atoms with Gasteiger partial charge in [-0.05, 0) is 12.1 Å². The Balaban J connectivity index is 2.84. The summed E-state index contributed by atoms with van der Waals surface area (Å²) in [6.45, 7) is 0. The normalized spacial score (nSPS) is 11.9. The van der Waals surface area contributed by atoms with Crippen molar-refractivity contribution in [3.8, 4) is 5.75 Å². The van der Waals surface area contributed by atoms with Gasteiger partial charge in [-0.1, -0.05) is 12.1 Å². The molecule has 0 amide bonds. The van der Waals surface area contributed by atoms with Crippen molar-refractivity contribution in [2.75, 3.05) is 0 Å². The molecule has 0 N–H and O–H groups in total. The Morgan fingerprint density at radius 1 is 1.29 bits per heavy atom. The molecule has 1 rings (SSSR count). The lowest BCUT2D eigenvalue weighted by Crippen LogP contribution is -2.14. The maximum atomic E-state index is 12.2. The summed E-state index contributed by atoms with van der Waals surface area (Å²) < 4.78 is 52.8. The van der Waals surface area contributed by atoms with Gasteiger partial charge in [-0.2, -0.15) is 8.78 Å². The lowest BCUT2D eigenvalue weighted by atomic mass is 10.2. The Bertz CT molecular complexity index is 310. The van der Waals surface area contributed by atoms with Crippen LogP contribution in [0.5, 0.6) is 5.75 Å². The number of ether oxygens (including phenoxy) is 1. The van der Waals surface area contributed by atoms with Crippen LogP contribution in [-0.2, 0) is 0 Å². The smallest absolute Gasteiger partial charge is 0.424 e. The van der Waals surface area contributed by atoms with Gasteiger partial charge in [0.25, 0.3) is 6.43 Å². The molecule has 0 bridgehead atoms. The molecule has 0 spiro atoms. The SMILES string of the molecule is FC(F)c1cccc(OC(F)(F)Br)c1. The van der Waals surface area contributed by atoms with Gasteiger partial charge < -0.3 is 4.74 Å². The number of hydrogen-bond acceptors (Lipinski definition) is 1. The van der Waals surface area contributed by atoms with E-state index in [0.717, 1.165) is 12.1 Å². The summed E-state index contributed by atoms with van der Waals surface area (Å²) >= 11 is 1.93. The van der Waals surface area contributed by atoms with Crippen molar-refractivity contribution in [2.45, 2.75) is 11.4 Å². The monoisotopic (exact) mass is 272 g/mol. The molecule has 0 unspecified atom stereocenters. The maximum Gasteiger partial charge on any atom is 0.459 e. The summed E-state index contributed by atoms with van der Waals surface area (Å²) in [6.07, 6.45) is -2.71. The summed E-state index contributed by atoms with van der Waals surface area (Å²) in [7, 11) is 0. The van der Waals surface area contributed by atoms with Gasteiger partial charge >= 0.3 is 5.02 Å². The number of hydrogen-bond donors (Lipinski definition) is 0. The van der Waals surface area contributed by atoms with E-state index in [-0.39, 0.29) is 11.3 Å². The second-order valence-corrected chi connectivity index (χ2v) is 3.34. The molecule has 14 heavy (non-hydrogen) atoms. The van der Waals surface area contributed by atoms with Crippen LogP contribution in [0.4, 0.5) is 17.6 Å². The number of benzene rings is 1. The van der Waals surface area contributed by atoms with Crippen molar-refractivity contribution >= 4 is 15.9 Å². The fraction of sp³-hybridized carbons (Fsp3) is 0.250. The standard InChI is InChI=1S/C8H5BrF4O/c9-8(12,13)14-6-3-1-2-5(4-6)7(10)11/h1-4,7H. The molecule has 1 nitrogen and oxygen atoms in total. The summed E-state index contributed by atoms with van der Waals surface area (Å²) in [5.74, 6) is -0.315. The third-order valence-corrected chi connectivity index (χ3v) is 1.51. The molecule has 0 aliphatic carbocycles. The van der Waals surface area contributed by atoms with E-state index in [1.807, 2.05) is 15.9 Å². The van der Waals surface area contributed by atoms with Gasteiger partial charge in [0.2, 0.25) is 0 Å². The molecule has 0 saturated heterocycles. The Morgan fingerprint density at radius 3 is 2.43 bits per heavy atom. The molecule has 0 atom stereocenters. The van der Waals surface area contributed by atoms with Gasteiger partial charge in [0.15, 0.2) is 0 Å². The van der Waals surface area contributed by atoms with E-state index < -0.39 is 11.4 Å². The molecule has 0 heterocycles. The van der Waals surface area contributed by atoms with Crippen molar-refractivity contribution in [3.63, 3.8) is 0 Å². The molecule has 1 aromatic carbocycles. The van der Waals surface area contributed by atoms with Gasteiger partial charge in [-0.3, -0.25) is 0 Å². The second-order valence-electron chi connectivity index (χ2n) is 2.42. The van der Waals surface area contributed by atoms with Crippen molar-refractivity contribution in [1.29, 1.82) is 0 Å². The topological polar surface area (TPSA) is 9.23 Å². The van der Waals surface area contributed by atoms with E-state index in [4.69, 9.17) is 0 Å². The predicted octanol–water partition coefficient (Wildman–Crippen LogP) is 3.95. The zero-order valence-corrected chi connectivity index (χ0v) is 8.27. The Morgan fingerprint density at radius 2 is 1.93 bits per heavy atom. The van der Waals surface area contributed by atoms with E-state index in [0.29, 0.717) is 0 Å². The second kappa shape index (κ2) is 4.16. The minimum Gasteiger partial charge on any atom is -0.424 e. The van der Waals surface area contributed by atoms with E-state index >= 15 is 0 Å². The highest BCUT2D eigenvalue weighted by molar-refractivity contribution is 9.09. The third-order valence-electron chi connectivity index (χ3n) is 1.34. The number of alkyl halides is 5. The molecule has 0 fully saturated rings. The van der Waals surface area contributed by atoms with E-state index in [9.17, 15) is 17.6 Å². The van der Waals surface area contributed by atoms with E-state index in [2.05, 4.69) is 4.74 Å². The predicted molar refractivity (Wildman–Crippen MR) is 45.9 cm³/mol. The first-order valence-corrected chi connectivity index (χ1v) is 4.31. The molecule has 0 radical (unpaired) electrons. The molecule has 0 aromatic heterocycles. The summed E-state index contributed by atoms with van der Waals surface area (Å²) in [6, 6.07) is 4.38. The van der Waals surface area contributed by atoms with Crippen LogP contribution >= 0.6 is 15.9 Å². The van der Waals surface area contributed by atoms with Gasteiger partial charge in [-0.15, -0.1) is 0 Å². The van der Waals surface area contributed by atoms with Crippen molar-refractivity contribution in [2.24, 2.45) is 0 Å². The minimum atomic E-state index is -3.55. The van der Waals surface area contributed by atoms with Crippen LogP contribution in [0, 0.1) is 0 Å². The molecule has 1 aromatic rings. The first-order valence-electron chi connectivity index (χ1n) is 3.52. The van der Waals surface area contributed by atoms with Crippen molar-refractivity contribution in [3.05, 3.63) is 29.8 Å². The van der Waals surface area contributed by atoms with Crippen molar-refractivity contribution < 1.29 is 22.3 Å².